The average Bonchev–Trinajstić information content (AvgIpc) is 2.28. The molecular weight excluding hydrogens is 213 g/mol. The van der Waals surface area contributed by atoms with Gasteiger partial charge in [0.25, 0.3) is 0 Å². The maximum Gasteiger partial charge on any atom is 0.123 e. The largest absolute Gasteiger partial charge is 0.266 e. The Morgan fingerprint density at radius 1 is 1.29 bits per heavy atom. The third-order valence-electron chi connectivity index (χ3n) is 2.79. The molecule has 0 aliphatic heterocycles. The molecule has 0 unspecified atom stereocenters. The molecular formula is C15H20FN. The van der Waals surface area contributed by atoms with Gasteiger partial charge in [-0.1, -0.05) is 26.0 Å². The second kappa shape index (κ2) is 6.33. The maximum atomic E-state index is 12.8. The smallest absolute Gasteiger partial charge is 0.123 e. The van der Waals surface area contributed by atoms with Crippen molar-refractivity contribution in [2.24, 2.45) is 10.9 Å². The number of rotatable bonds is 4. The van der Waals surface area contributed by atoms with Crippen LogP contribution in [0, 0.1) is 11.7 Å². The van der Waals surface area contributed by atoms with E-state index < -0.39 is 0 Å². The van der Waals surface area contributed by atoms with Gasteiger partial charge in [0.1, 0.15) is 5.82 Å². The molecule has 0 fully saturated rings. The monoisotopic (exact) mass is 233 g/mol. The van der Waals surface area contributed by atoms with E-state index >= 15 is 0 Å². The molecule has 0 atom stereocenters. The van der Waals surface area contributed by atoms with E-state index in [9.17, 15) is 4.39 Å². The SMILES string of the molecule is CC=N/C(C)=C(/Cc1ccc(F)cc1)C(C)C. The van der Waals surface area contributed by atoms with Crippen LogP contribution in [0.2, 0.25) is 0 Å². The van der Waals surface area contributed by atoms with Crippen molar-refractivity contribution in [2.45, 2.75) is 34.1 Å². The van der Waals surface area contributed by atoms with Gasteiger partial charge in [0.2, 0.25) is 0 Å². The van der Waals surface area contributed by atoms with Crippen LogP contribution in [0.25, 0.3) is 0 Å². The van der Waals surface area contributed by atoms with Crippen molar-refractivity contribution < 1.29 is 4.39 Å². The van der Waals surface area contributed by atoms with Crippen molar-refractivity contribution in [3.8, 4) is 0 Å². The van der Waals surface area contributed by atoms with Gasteiger partial charge in [-0.25, -0.2) is 4.39 Å². The number of aliphatic imine (C=N–C) groups is 1. The molecule has 0 N–H and O–H groups in total. The van der Waals surface area contributed by atoms with Crippen molar-refractivity contribution in [3.63, 3.8) is 0 Å². The third-order valence-corrected chi connectivity index (χ3v) is 2.79. The Kier molecular flexibility index (Phi) is 5.08. The number of allylic oxidation sites excluding steroid dienone is 2. The molecule has 0 aliphatic carbocycles. The third kappa shape index (κ3) is 4.14. The Morgan fingerprint density at radius 2 is 1.88 bits per heavy atom. The predicted octanol–water partition coefficient (Wildman–Crippen LogP) is 4.39. The fourth-order valence-corrected chi connectivity index (χ4v) is 1.85. The van der Waals surface area contributed by atoms with Gasteiger partial charge in [-0.3, -0.25) is 4.99 Å². The number of nitrogens with zero attached hydrogens (tertiary/aromatic N) is 1. The second-order valence-electron chi connectivity index (χ2n) is 4.46. The molecule has 17 heavy (non-hydrogen) atoms. The van der Waals surface area contributed by atoms with Crippen LogP contribution in [0.5, 0.6) is 0 Å². The minimum Gasteiger partial charge on any atom is -0.266 e. The molecule has 0 aromatic heterocycles. The fraction of sp³-hybridized carbons (Fsp3) is 0.400. The van der Waals surface area contributed by atoms with Crippen LogP contribution in [0.1, 0.15) is 33.3 Å². The van der Waals surface area contributed by atoms with Gasteiger partial charge >= 0.3 is 0 Å². The van der Waals surface area contributed by atoms with Crippen LogP contribution in [0.15, 0.2) is 40.5 Å². The van der Waals surface area contributed by atoms with E-state index in [4.69, 9.17) is 0 Å². The van der Waals surface area contributed by atoms with Crippen molar-refractivity contribution in [1.82, 2.24) is 0 Å². The molecule has 1 rings (SSSR count). The summed E-state index contributed by atoms with van der Waals surface area (Å²) >= 11 is 0. The van der Waals surface area contributed by atoms with Crippen LogP contribution in [-0.2, 0) is 6.42 Å². The van der Waals surface area contributed by atoms with E-state index in [0.29, 0.717) is 5.92 Å². The maximum absolute atomic E-state index is 12.8. The molecule has 0 heterocycles. The first kappa shape index (κ1) is 13.6. The van der Waals surface area contributed by atoms with Crippen LogP contribution < -0.4 is 0 Å². The lowest BCUT2D eigenvalue weighted by Gasteiger charge is -2.13. The summed E-state index contributed by atoms with van der Waals surface area (Å²) in [5, 5.41) is 0. The summed E-state index contributed by atoms with van der Waals surface area (Å²) in [6.07, 6.45) is 2.64. The normalized spacial score (nSPS) is 13.3. The van der Waals surface area contributed by atoms with Crippen LogP contribution in [0.3, 0.4) is 0 Å². The summed E-state index contributed by atoms with van der Waals surface area (Å²) in [5.41, 5.74) is 3.49. The highest BCUT2D eigenvalue weighted by molar-refractivity contribution is 5.55. The quantitative estimate of drug-likeness (QED) is 0.684. The molecule has 0 radical (unpaired) electrons. The Labute approximate surface area is 103 Å². The van der Waals surface area contributed by atoms with Crippen molar-refractivity contribution in [1.29, 1.82) is 0 Å². The van der Waals surface area contributed by atoms with E-state index in [0.717, 1.165) is 17.7 Å². The molecule has 1 nitrogen and oxygen atoms in total. The number of hydrogen-bond donors (Lipinski definition) is 0. The van der Waals surface area contributed by atoms with Gasteiger partial charge in [0, 0.05) is 11.9 Å². The van der Waals surface area contributed by atoms with Gasteiger partial charge in [0.15, 0.2) is 0 Å². The molecule has 92 valence electrons. The van der Waals surface area contributed by atoms with E-state index in [1.54, 1.807) is 0 Å². The van der Waals surface area contributed by atoms with Gasteiger partial charge in [0.05, 0.1) is 0 Å². The summed E-state index contributed by atoms with van der Waals surface area (Å²) in [7, 11) is 0. The first-order valence-corrected chi connectivity index (χ1v) is 5.97. The first-order valence-electron chi connectivity index (χ1n) is 5.97. The standard InChI is InChI=1S/C15H20FN/c1-5-17-12(4)15(11(2)3)10-13-6-8-14(16)9-7-13/h5-9,11H,10H2,1-4H3/b15-12-,17-5?. The summed E-state index contributed by atoms with van der Waals surface area (Å²) in [4.78, 5) is 4.34. The average molecular weight is 233 g/mol. The molecule has 0 aliphatic rings. The molecule has 1 aromatic rings. The van der Waals surface area contributed by atoms with Crippen molar-refractivity contribution >= 4 is 6.21 Å². The molecule has 0 amide bonds. The first-order chi connectivity index (χ1) is 8.04. The lowest BCUT2D eigenvalue weighted by atomic mass is 9.94. The zero-order chi connectivity index (χ0) is 12.8. The van der Waals surface area contributed by atoms with Crippen LogP contribution >= 0.6 is 0 Å². The number of halogens is 1. The molecule has 0 saturated heterocycles. The van der Waals surface area contributed by atoms with E-state index in [1.165, 1.54) is 17.7 Å². The zero-order valence-corrected chi connectivity index (χ0v) is 11.0. The zero-order valence-electron chi connectivity index (χ0n) is 11.0. The van der Waals surface area contributed by atoms with E-state index in [1.807, 2.05) is 32.2 Å². The highest BCUT2D eigenvalue weighted by Gasteiger charge is 2.08. The minimum absolute atomic E-state index is 0.188. The van der Waals surface area contributed by atoms with Crippen molar-refractivity contribution in [3.05, 3.63) is 46.9 Å². The summed E-state index contributed by atoms with van der Waals surface area (Å²) < 4.78 is 12.8. The van der Waals surface area contributed by atoms with Gasteiger partial charge in [-0.15, -0.1) is 0 Å². The Balaban J connectivity index is 2.95. The van der Waals surface area contributed by atoms with Gasteiger partial charge < -0.3 is 0 Å². The minimum atomic E-state index is -0.188. The summed E-state index contributed by atoms with van der Waals surface area (Å²) in [5.74, 6) is 0.260. The van der Waals surface area contributed by atoms with Crippen molar-refractivity contribution in [2.75, 3.05) is 0 Å². The Bertz CT molecular complexity index is 413. The van der Waals surface area contributed by atoms with E-state index in [-0.39, 0.29) is 5.82 Å². The number of hydrogen-bond acceptors (Lipinski definition) is 1. The lowest BCUT2D eigenvalue weighted by molar-refractivity contribution is 0.626. The van der Waals surface area contributed by atoms with Crippen LogP contribution in [0.4, 0.5) is 4.39 Å². The molecule has 0 spiro atoms. The molecule has 1 aromatic carbocycles. The number of benzene rings is 1. The van der Waals surface area contributed by atoms with Gasteiger partial charge in [-0.2, -0.15) is 0 Å². The van der Waals surface area contributed by atoms with Gasteiger partial charge in [-0.05, 0) is 49.5 Å². The summed E-state index contributed by atoms with van der Waals surface area (Å²) in [6.45, 7) is 8.26. The Morgan fingerprint density at radius 3 is 2.35 bits per heavy atom. The second-order valence-corrected chi connectivity index (χ2v) is 4.46. The molecule has 0 bridgehead atoms. The topological polar surface area (TPSA) is 12.4 Å². The predicted molar refractivity (Wildman–Crippen MR) is 71.8 cm³/mol. The van der Waals surface area contributed by atoms with Crippen LogP contribution in [-0.4, -0.2) is 6.21 Å². The lowest BCUT2D eigenvalue weighted by Crippen LogP contribution is -2.01. The Hall–Kier alpha value is -1.44. The highest BCUT2D eigenvalue weighted by Crippen LogP contribution is 2.21. The van der Waals surface area contributed by atoms with E-state index in [2.05, 4.69) is 18.8 Å². The molecule has 2 heteroatoms. The molecule has 0 saturated carbocycles. The fourth-order valence-electron chi connectivity index (χ4n) is 1.85. The highest BCUT2D eigenvalue weighted by atomic mass is 19.1. The summed E-state index contributed by atoms with van der Waals surface area (Å²) in [6, 6.07) is 6.68.